The topological polar surface area (TPSA) is 36.3 Å². The molecule has 2 heterocycles. The molecule has 1 aromatic heterocycles. The van der Waals surface area contributed by atoms with E-state index in [0.717, 1.165) is 5.46 Å². The normalized spacial score (nSPS) is 23.9. The third kappa shape index (κ3) is 2.03. The second kappa shape index (κ2) is 4.59. The smallest absolute Gasteiger partial charge is 0.399 e. The summed E-state index contributed by atoms with van der Waals surface area (Å²) in [5.74, 6) is 0. The largest absolute Gasteiger partial charge is 0.494 e. The molecule has 0 unspecified atom stereocenters. The van der Waals surface area contributed by atoms with Crippen LogP contribution in [-0.4, -0.2) is 28.1 Å². The minimum absolute atomic E-state index is 0.305. The first-order chi connectivity index (χ1) is 10.4. The zero-order valence-corrected chi connectivity index (χ0v) is 13.8. The fraction of sp³-hybridized carbons (Fsp3) is 0.588. The fourth-order valence-corrected chi connectivity index (χ4v) is 3.10. The Bertz CT molecular complexity index is 703. The minimum Gasteiger partial charge on any atom is -0.399 e. The van der Waals surface area contributed by atoms with Gasteiger partial charge in [-0.3, -0.25) is 4.68 Å². The van der Waals surface area contributed by atoms with Crippen molar-refractivity contribution in [2.75, 3.05) is 0 Å². The third-order valence-electron chi connectivity index (χ3n) is 5.57. The van der Waals surface area contributed by atoms with Gasteiger partial charge in [0.05, 0.1) is 29.0 Å². The number of nitrogens with zero attached hydrogens (tertiary/aromatic N) is 2. The van der Waals surface area contributed by atoms with Crippen LogP contribution in [0.1, 0.15) is 53.0 Å². The van der Waals surface area contributed by atoms with Crippen molar-refractivity contribution in [3.8, 4) is 0 Å². The van der Waals surface area contributed by atoms with Crippen molar-refractivity contribution in [3.05, 3.63) is 24.4 Å². The van der Waals surface area contributed by atoms with Gasteiger partial charge < -0.3 is 9.31 Å². The summed E-state index contributed by atoms with van der Waals surface area (Å²) in [5, 5.41) is 5.76. The molecule has 0 spiro atoms. The molecule has 2 fully saturated rings. The highest BCUT2D eigenvalue weighted by molar-refractivity contribution is 6.62. The van der Waals surface area contributed by atoms with Gasteiger partial charge in [-0.2, -0.15) is 5.10 Å². The van der Waals surface area contributed by atoms with Gasteiger partial charge in [0.2, 0.25) is 0 Å². The zero-order chi connectivity index (χ0) is 15.5. The van der Waals surface area contributed by atoms with E-state index in [-0.39, 0.29) is 18.3 Å². The maximum Gasteiger partial charge on any atom is 0.494 e. The van der Waals surface area contributed by atoms with Crippen molar-refractivity contribution in [1.82, 2.24) is 9.78 Å². The molecule has 1 saturated heterocycles. The second-order valence-corrected chi connectivity index (χ2v) is 7.58. The Morgan fingerprint density at radius 3 is 2.41 bits per heavy atom. The first-order valence-corrected chi connectivity index (χ1v) is 8.20. The lowest BCUT2D eigenvalue weighted by Gasteiger charge is -2.32. The number of aromatic nitrogens is 2. The molecule has 1 aromatic carbocycles. The standard InChI is InChI=1S/C17H23BN2O2/c1-16(2)17(3,4)22-18(21-16)13-9-8-12-11-19-20(15(12)10-13)14-6-5-7-14/h8-11,14H,5-7H2,1-4H3. The van der Waals surface area contributed by atoms with Gasteiger partial charge in [0.15, 0.2) is 0 Å². The van der Waals surface area contributed by atoms with E-state index in [1.165, 1.54) is 30.2 Å². The highest BCUT2D eigenvalue weighted by atomic mass is 16.7. The van der Waals surface area contributed by atoms with E-state index < -0.39 is 0 Å². The molecule has 5 heteroatoms. The van der Waals surface area contributed by atoms with Crippen LogP contribution in [0, 0.1) is 0 Å². The van der Waals surface area contributed by atoms with Crippen LogP contribution in [0.2, 0.25) is 0 Å². The van der Waals surface area contributed by atoms with Crippen molar-refractivity contribution in [2.45, 2.75) is 64.2 Å². The summed E-state index contributed by atoms with van der Waals surface area (Å²) in [4.78, 5) is 0. The van der Waals surface area contributed by atoms with Crippen molar-refractivity contribution in [1.29, 1.82) is 0 Å². The van der Waals surface area contributed by atoms with Crippen molar-refractivity contribution in [3.63, 3.8) is 0 Å². The predicted molar refractivity (Wildman–Crippen MR) is 88.3 cm³/mol. The number of hydrogen-bond acceptors (Lipinski definition) is 3. The maximum atomic E-state index is 6.16. The molecule has 0 radical (unpaired) electrons. The van der Waals surface area contributed by atoms with E-state index in [2.05, 4.69) is 55.7 Å². The van der Waals surface area contributed by atoms with Crippen LogP contribution in [0.3, 0.4) is 0 Å². The van der Waals surface area contributed by atoms with E-state index >= 15 is 0 Å². The number of hydrogen-bond donors (Lipinski definition) is 0. The second-order valence-electron chi connectivity index (χ2n) is 7.58. The molecule has 1 aliphatic carbocycles. The Morgan fingerprint density at radius 1 is 1.14 bits per heavy atom. The van der Waals surface area contributed by atoms with Crippen LogP contribution in [0.4, 0.5) is 0 Å². The summed E-state index contributed by atoms with van der Waals surface area (Å²) >= 11 is 0. The number of rotatable bonds is 2. The maximum absolute atomic E-state index is 6.16. The van der Waals surface area contributed by atoms with E-state index in [1.54, 1.807) is 0 Å². The van der Waals surface area contributed by atoms with Crippen molar-refractivity contribution >= 4 is 23.5 Å². The Morgan fingerprint density at radius 2 is 1.82 bits per heavy atom. The summed E-state index contributed by atoms with van der Waals surface area (Å²) in [5.41, 5.74) is 1.66. The van der Waals surface area contributed by atoms with Crippen LogP contribution in [0.5, 0.6) is 0 Å². The molecule has 1 aliphatic heterocycles. The lowest BCUT2D eigenvalue weighted by atomic mass is 9.79. The summed E-state index contributed by atoms with van der Waals surface area (Å²) in [6.07, 6.45) is 5.74. The lowest BCUT2D eigenvalue weighted by Crippen LogP contribution is -2.41. The molecule has 116 valence electrons. The Kier molecular flexibility index (Phi) is 2.98. The van der Waals surface area contributed by atoms with Gasteiger partial charge in [0.25, 0.3) is 0 Å². The van der Waals surface area contributed by atoms with Crippen LogP contribution < -0.4 is 5.46 Å². The van der Waals surface area contributed by atoms with Crippen LogP contribution in [0.15, 0.2) is 24.4 Å². The number of fused-ring (bicyclic) bond motifs is 1. The lowest BCUT2D eigenvalue weighted by molar-refractivity contribution is 0.00578. The molecule has 2 aliphatic rings. The molecular formula is C17H23BN2O2. The molecule has 0 atom stereocenters. The van der Waals surface area contributed by atoms with E-state index in [0.29, 0.717) is 6.04 Å². The van der Waals surface area contributed by atoms with Gasteiger partial charge >= 0.3 is 7.12 Å². The van der Waals surface area contributed by atoms with Gasteiger partial charge in [0.1, 0.15) is 0 Å². The highest BCUT2D eigenvalue weighted by Crippen LogP contribution is 2.37. The summed E-state index contributed by atoms with van der Waals surface area (Å²) in [6, 6.07) is 6.96. The van der Waals surface area contributed by atoms with Gasteiger partial charge in [-0.25, -0.2) is 0 Å². The first kappa shape index (κ1) is 14.3. The third-order valence-corrected chi connectivity index (χ3v) is 5.57. The van der Waals surface area contributed by atoms with Gasteiger partial charge in [-0.1, -0.05) is 12.1 Å². The molecule has 0 bridgehead atoms. The summed E-state index contributed by atoms with van der Waals surface area (Å²) in [6.45, 7) is 8.35. The molecule has 22 heavy (non-hydrogen) atoms. The Labute approximate surface area is 131 Å². The van der Waals surface area contributed by atoms with Crippen LogP contribution in [-0.2, 0) is 9.31 Å². The predicted octanol–water partition coefficient (Wildman–Crippen LogP) is 3.06. The molecule has 4 nitrogen and oxygen atoms in total. The van der Waals surface area contributed by atoms with Crippen molar-refractivity contribution in [2.24, 2.45) is 0 Å². The molecule has 0 N–H and O–H groups in total. The SMILES string of the molecule is CC1(C)OB(c2ccc3cnn(C4CCC4)c3c2)OC1(C)C. The van der Waals surface area contributed by atoms with E-state index in [9.17, 15) is 0 Å². The summed E-state index contributed by atoms with van der Waals surface area (Å²) in [7, 11) is -0.306. The van der Waals surface area contributed by atoms with Crippen LogP contribution in [0.25, 0.3) is 10.9 Å². The minimum atomic E-state index is -0.306. The van der Waals surface area contributed by atoms with E-state index in [1.807, 2.05) is 6.20 Å². The highest BCUT2D eigenvalue weighted by Gasteiger charge is 2.51. The Balaban J connectivity index is 1.71. The molecule has 4 rings (SSSR count). The summed E-state index contributed by atoms with van der Waals surface area (Å²) < 4.78 is 14.5. The molecule has 1 saturated carbocycles. The number of benzene rings is 1. The fourth-order valence-electron chi connectivity index (χ4n) is 3.10. The first-order valence-electron chi connectivity index (χ1n) is 8.20. The monoisotopic (exact) mass is 298 g/mol. The Hall–Kier alpha value is -1.33. The van der Waals surface area contributed by atoms with Gasteiger partial charge in [-0.05, 0) is 58.5 Å². The molecular weight excluding hydrogens is 275 g/mol. The molecule has 0 amide bonds. The van der Waals surface area contributed by atoms with Gasteiger partial charge in [-0.15, -0.1) is 0 Å². The van der Waals surface area contributed by atoms with E-state index in [4.69, 9.17) is 9.31 Å². The zero-order valence-electron chi connectivity index (χ0n) is 13.8. The average Bonchev–Trinajstić information content (AvgIpc) is 2.87. The molecule has 2 aromatic rings. The van der Waals surface area contributed by atoms with Gasteiger partial charge in [0, 0.05) is 5.39 Å². The quantitative estimate of drug-likeness (QED) is 0.800. The van der Waals surface area contributed by atoms with Crippen molar-refractivity contribution < 1.29 is 9.31 Å². The van der Waals surface area contributed by atoms with Crippen LogP contribution >= 0.6 is 0 Å². The average molecular weight is 298 g/mol.